The number of rotatable bonds is 7. The Bertz CT molecular complexity index is 497. The molecule has 1 aromatic rings. The van der Waals surface area contributed by atoms with Gasteiger partial charge in [-0.15, -0.1) is 0 Å². The van der Waals surface area contributed by atoms with Crippen molar-refractivity contribution in [3.8, 4) is 5.75 Å². The monoisotopic (exact) mass is 322 g/mol. The summed E-state index contributed by atoms with van der Waals surface area (Å²) in [6, 6.07) is 7.92. The summed E-state index contributed by atoms with van der Waals surface area (Å²) >= 11 is 0. The molecule has 1 rings (SSSR count). The Morgan fingerprint density at radius 2 is 1.96 bits per heavy atom. The standard InChI is InChI=1S/C18H30N2O3/c1-7-14(3)22-16-10-8-9-15(11-16)20-13(2)12-19-17(21)23-18(4,5)6/h8-11,13-14,20H,7,12H2,1-6H3,(H,19,21). The fourth-order valence-electron chi connectivity index (χ4n) is 1.86. The molecular weight excluding hydrogens is 292 g/mol. The van der Waals surface area contributed by atoms with Gasteiger partial charge in [0.25, 0.3) is 0 Å². The molecule has 2 atom stereocenters. The first kappa shape index (κ1) is 19.1. The van der Waals surface area contributed by atoms with Gasteiger partial charge in [-0.1, -0.05) is 13.0 Å². The number of benzene rings is 1. The lowest BCUT2D eigenvalue weighted by Crippen LogP contribution is -2.38. The minimum absolute atomic E-state index is 0.0707. The number of hydrogen-bond donors (Lipinski definition) is 2. The van der Waals surface area contributed by atoms with E-state index < -0.39 is 11.7 Å². The van der Waals surface area contributed by atoms with Crippen LogP contribution in [-0.4, -0.2) is 30.4 Å². The van der Waals surface area contributed by atoms with Gasteiger partial charge in [0.2, 0.25) is 0 Å². The van der Waals surface area contributed by atoms with Crippen molar-refractivity contribution in [2.24, 2.45) is 0 Å². The van der Waals surface area contributed by atoms with E-state index in [4.69, 9.17) is 9.47 Å². The normalized spacial score (nSPS) is 13.8. The Morgan fingerprint density at radius 3 is 2.57 bits per heavy atom. The van der Waals surface area contributed by atoms with E-state index in [0.29, 0.717) is 6.54 Å². The molecular formula is C18H30N2O3. The van der Waals surface area contributed by atoms with Gasteiger partial charge in [0.15, 0.2) is 0 Å². The molecule has 23 heavy (non-hydrogen) atoms. The first-order valence-corrected chi connectivity index (χ1v) is 8.19. The Morgan fingerprint density at radius 1 is 1.26 bits per heavy atom. The molecule has 0 aliphatic carbocycles. The van der Waals surface area contributed by atoms with Crippen molar-refractivity contribution in [3.05, 3.63) is 24.3 Å². The van der Waals surface area contributed by atoms with Crippen LogP contribution in [0.15, 0.2) is 24.3 Å². The van der Waals surface area contributed by atoms with E-state index in [2.05, 4.69) is 17.6 Å². The van der Waals surface area contributed by atoms with Crippen LogP contribution in [0.1, 0.15) is 48.0 Å². The Balaban J connectivity index is 2.46. The van der Waals surface area contributed by atoms with Crippen molar-refractivity contribution < 1.29 is 14.3 Å². The second-order valence-corrected chi connectivity index (χ2v) is 6.79. The third-order valence-corrected chi connectivity index (χ3v) is 3.11. The van der Waals surface area contributed by atoms with Crippen LogP contribution in [0.2, 0.25) is 0 Å². The average Bonchev–Trinajstić information content (AvgIpc) is 2.43. The van der Waals surface area contributed by atoms with Crippen LogP contribution in [0.5, 0.6) is 5.75 Å². The van der Waals surface area contributed by atoms with Crippen LogP contribution in [0.3, 0.4) is 0 Å². The van der Waals surface area contributed by atoms with Gasteiger partial charge in [0.1, 0.15) is 11.4 Å². The summed E-state index contributed by atoms with van der Waals surface area (Å²) in [5.41, 5.74) is 0.479. The van der Waals surface area contributed by atoms with E-state index in [1.807, 2.05) is 58.9 Å². The number of nitrogens with one attached hydrogen (secondary N) is 2. The molecule has 0 fully saturated rings. The lowest BCUT2D eigenvalue weighted by molar-refractivity contribution is 0.0526. The highest BCUT2D eigenvalue weighted by atomic mass is 16.6. The molecule has 0 radical (unpaired) electrons. The molecule has 2 N–H and O–H groups in total. The van der Waals surface area contributed by atoms with Gasteiger partial charge < -0.3 is 20.1 Å². The number of anilines is 1. The summed E-state index contributed by atoms with van der Waals surface area (Å²) in [4.78, 5) is 11.6. The third-order valence-electron chi connectivity index (χ3n) is 3.11. The molecule has 0 heterocycles. The van der Waals surface area contributed by atoms with Crippen molar-refractivity contribution in [1.29, 1.82) is 0 Å². The summed E-state index contributed by atoms with van der Waals surface area (Å²) in [6.45, 7) is 12.2. The predicted octanol–water partition coefficient (Wildman–Crippen LogP) is 4.19. The second kappa shape index (κ2) is 8.65. The highest BCUT2D eigenvalue weighted by molar-refractivity contribution is 5.67. The van der Waals surface area contributed by atoms with Crippen molar-refractivity contribution in [1.82, 2.24) is 5.32 Å². The number of amides is 1. The molecule has 130 valence electrons. The minimum Gasteiger partial charge on any atom is -0.491 e. The van der Waals surface area contributed by atoms with Gasteiger partial charge in [-0.3, -0.25) is 0 Å². The predicted molar refractivity (Wildman–Crippen MR) is 94.1 cm³/mol. The lowest BCUT2D eigenvalue weighted by atomic mass is 10.2. The van der Waals surface area contributed by atoms with Crippen molar-refractivity contribution in [2.45, 2.75) is 65.7 Å². The number of carbonyl (C=O) groups is 1. The molecule has 0 saturated carbocycles. The summed E-state index contributed by atoms with van der Waals surface area (Å²) < 4.78 is 11.0. The van der Waals surface area contributed by atoms with Crippen molar-refractivity contribution in [2.75, 3.05) is 11.9 Å². The smallest absolute Gasteiger partial charge is 0.407 e. The molecule has 1 aromatic carbocycles. The van der Waals surface area contributed by atoms with Gasteiger partial charge in [-0.2, -0.15) is 0 Å². The quantitative estimate of drug-likeness (QED) is 0.790. The summed E-state index contributed by atoms with van der Waals surface area (Å²) in [5, 5.41) is 6.10. The topological polar surface area (TPSA) is 59.6 Å². The van der Waals surface area contributed by atoms with Gasteiger partial charge >= 0.3 is 6.09 Å². The van der Waals surface area contributed by atoms with Crippen LogP contribution in [0.25, 0.3) is 0 Å². The summed E-state index contributed by atoms with van der Waals surface area (Å²) in [5.74, 6) is 0.844. The van der Waals surface area contributed by atoms with E-state index in [9.17, 15) is 4.79 Å². The lowest BCUT2D eigenvalue weighted by Gasteiger charge is -2.21. The first-order valence-electron chi connectivity index (χ1n) is 8.19. The molecule has 1 amide bonds. The largest absolute Gasteiger partial charge is 0.491 e. The third kappa shape index (κ3) is 8.33. The Labute approximate surface area is 139 Å². The number of ether oxygens (including phenoxy) is 2. The molecule has 2 unspecified atom stereocenters. The van der Waals surface area contributed by atoms with E-state index in [1.54, 1.807) is 0 Å². The summed E-state index contributed by atoms with van der Waals surface area (Å²) in [7, 11) is 0. The van der Waals surface area contributed by atoms with E-state index in [-0.39, 0.29) is 12.1 Å². The van der Waals surface area contributed by atoms with Crippen LogP contribution in [0, 0.1) is 0 Å². The number of hydrogen-bond acceptors (Lipinski definition) is 4. The van der Waals surface area contributed by atoms with E-state index in [1.165, 1.54) is 0 Å². The molecule has 0 aliphatic heterocycles. The van der Waals surface area contributed by atoms with Crippen molar-refractivity contribution >= 4 is 11.8 Å². The fourth-order valence-corrected chi connectivity index (χ4v) is 1.86. The zero-order valence-electron chi connectivity index (χ0n) is 15.1. The van der Waals surface area contributed by atoms with Gasteiger partial charge in [-0.25, -0.2) is 4.79 Å². The van der Waals surface area contributed by atoms with Crippen LogP contribution < -0.4 is 15.4 Å². The van der Waals surface area contributed by atoms with Gasteiger partial charge in [0.05, 0.1) is 6.10 Å². The number of carbonyl (C=O) groups excluding carboxylic acids is 1. The average molecular weight is 322 g/mol. The highest BCUT2D eigenvalue weighted by Gasteiger charge is 2.16. The fraction of sp³-hybridized carbons (Fsp3) is 0.611. The zero-order valence-corrected chi connectivity index (χ0v) is 15.1. The van der Waals surface area contributed by atoms with Crippen LogP contribution in [0.4, 0.5) is 10.5 Å². The maximum atomic E-state index is 11.6. The Hall–Kier alpha value is -1.91. The minimum atomic E-state index is -0.484. The van der Waals surface area contributed by atoms with Crippen molar-refractivity contribution in [3.63, 3.8) is 0 Å². The zero-order chi connectivity index (χ0) is 17.5. The molecule has 0 aromatic heterocycles. The maximum Gasteiger partial charge on any atom is 0.407 e. The molecule has 0 saturated heterocycles. The van der Waals surface area contributed by atoms with Crippen LogP contribution >= 0.6 is 0 Å². The first-order chi connectivity index (χ1) is 10.7. The summed E-state index contributed by atoms with van der Waals surface area (Å²) in [6.07, 6.45) is 0.755. The number of alkyl carbamates (subject to hydrolysis) is 1. The van der Waals surface area contributed by atoms with E-state index >= 15 is 0 Å². The molecule has 0 aliphatic rings. The molecule has 0 bridgehead atoms. The molecule has 5 heteroatoms. The van der Waals surface area contributed by atoms with Gasteiger partial charge in [0, 0.05) is 24.3 Å². The van der Waals surface area contributed by atoms with Gasteiger partial charge in [-0.05, 0) is 53.2 Å². The maximum absolute atomic E-state index is 11.6. The molecule has 5 nitrogen and oxygen atoms in total. The van der Waals surface area contributed by atoms with E-state index in [0.717, 1.165) is 17.9 Å². The molecule has 0 spiro atoms. The van der Waals surface area contributed by atoms with Crippen LogP contribution in [-0.2, 0) is 4.74 Å². The Kier molecular flexibility index (Phi) is 7.20. The highest BCUT2D eigenvalue weighted by Crippen LogP contribution is 2.19. The SMILES string of the molecule is CCC(C)Oc1cccc(NC(C)CNC(=O)OC(C)(C)C)c1. The second-order valence-electron chi connectivity index (χ2n) is 6.79.